The van der Waals surface area contributed by atoms with Crippen LogP contribution in [-0.2, 0) is 7.05 Å². The summed E-state index contributed by atoms with van der Waals surface area (Å²) in [5.41, 5.74) is -0.625. The van der Waals surface area contributed by atoms with E-state index in [-0.39, 0.29) is 5.69 Å². The molecule has 2 aromatic rings. The van der Waals surface area contributed by atoms with Gasteiger partial charge in [0.2, 0.25) is 0 Å². The molecular formula is C11H9FN2O3. The van der Waals surface area contributed by atoms with Crippen molar-refractivity contribution in [2.45, 2.75) is 0 Å². The highest BCUT2D eigenvalue weighted by molar-refractivity contribution is 5.94. The molecule has 0 saturated heterocycles. The molecule has 1 aromatic carbocycles. The molecule has 0 fully saturated rings. The summed E-state index contributed by atoms with van der Waals surface area (Å²) in [7, 11) is 1.40. The standard InChI is InChI=1S/C11H9FN2O3/c1-14-10(15)8(11(16)17)9(13-14)6-3-2-4-7(12)5-6/h2-5,13H,1H3,(H,16,17). The van der Waals surface area contributed by atoms with Crippen LogP contribution in [0.4, 0.5) is 4.39 Å². The predicted molar refractivity (Wildman–Crippen MR) is 58.4 cm³/mol. The van der Waals surface area contributed by atoms with Crippen LogP contribution in [-0.4, -0.2) is 20.9 Å². The third kappa shape index (κ3) is 1.84. The average molecular weight is 236 g/mol. The van der Waals surface area contributed by atoms with Crippen molar-refractivity contribution in [3.05, 3.63) is 46.0 Å². The maximum absolute atomic E-state index is 13.0. The molecule has 0 radical (unpaired) electrons. The van der Waals surface area contributed by atoms with Gasteiger partial charge in [-0.05, 0) is 12.1 Å². The Morgan fingerprint density at radius 2 is 2.18 bits per heavy atom. The molecule has 17 heavy (non-hydrogen) atoms. The first-order chi connectivity index (χ1) is 8.00. The second-order valence-corrected chi connectivity index (χ2v) is 3.54. The SMILES string of the molecule is Cn1[nH]c(-c2cccc(F)c2)c(C(=O)O)c1=O. The number of aryl methyl sites for hydroxylation is 1. The van der Waals surface area contributed by atoms with Crippen LogP contribution in [0.25, 0.3) is 11.3 Å². The molecule has 0 aliphatic carbocycles. The van der Waals surface area contributed by atoms with Crippen molar-refractivity contribution >= 4 is 5.97 Å². The summed E-state index contributed by atoms with van der Waals surface area (Å²) in [6.45, 7) is 0. The fourth-order valence-electron chi connectivity index (χ4n) is 1.60. The minimum atomic E-state index is -1.34. The highest BCUT2D eigenvalue weighted by Gasteiger charge is 2.20. The van der Waals surface area contributed by atoms with Crippen LogP contribution in [0.2, 0.25) is 0 Å². The Morgan fingerprint density at radius 1 is 1.47 bits per heavy atom. The average Bonchev–Trinajstić information content (AvgIpc) is 2.55. The van der Waals surface area contributed by atoms with Gasteiger partial charge in [-0.1, -0.05) is 12.1 Å². The van der Waals surface area contributed by atoms with E-state index < -0.39 is 22.9 Å². The number of H-pyrrole nitrogens is 1. The Morgan fingerprint density at radius 3 is 2.76 bits per heavy atom. The molecule has 0 atom stereocenters. The molecule has 0 saturated carbocycles. The van der Waals surface area contributed by atoms with Gasteiger partial charge in [-0.25, -0.2) is 9.18 Å². The highest BCUT2D eigenvalue weighted by Crippen LogP contribution is 2.20. The largest absolute Gasteiger partial charge is 0.477 e. The van der Waals surface area contributed by atoms with Gasteiger partial charge in [0.1, 0.15) is 5.82 Å². The van der Waals surface area contributed by atoms with E-state index in [1.807, 2.05) is 0 Å². The molecule has 1 heterocycles. The van der Waals surface area contributed by atoms with E-state index in [1.54, 1.807) is 0 Å². The van der Waals surface area contributed by atoms with Gasteiger partial charge in [0.05, 0.1) is 5.69 Å². The van der Waals surface area contributed by atoms with Crippen molar-refractivity contribution in [1.29, 1.82) is 0 Å². The lowest BCUT2D eigenvalue weighted by atomic mass is 10.1. The van der Waals surface area contributed by atoms with Gasteiger partial charge in [-0.2, -0.15) is 0 Å². The Kier molecular flexibility index (Phi) is 2.55. The number of carbonyl (C=O) groups is 1. The Hall–Kier alpha value is -2.37. The molecule has 0 aliphatic heterocycles. The zero-order valence-corrected chi connectivity index (χ0v) is 8.90. The number of aromatic amines is 1. The number of nitrogens with one attached hydrogen (secondary N) is 1. The topological polar surface area (TPSA) is 75.1 Å². The summed E-state index contributed by atoms with van der Waals surface area (Å²) in [5.74, 6) is -1.84. The third-order valence-electron chi connectivity index (χ3n) is 2.38. The predicted octanol–water partition coefficient (Wildman–Crippen LogP) is 1.22. The number of nitrogens with zero attached hydrogens (tertiary/aromatic N) is 1. The van der Waals surface area contributed by atoms with Gasteiger partial charge in [0, 0.05) is 12.6 Å². The highest BCUT2D eigenvalue weighted by atomic mass is 19.1. The second-order valence-electron chi connectivity index (χ2n) is 3.54. The molecule has 88 valence electrons. The second kappa shape index (κ2) is 3.89. The van der Waals surface area contributed by atoms with Gasteiger partial charge >= 0.3 is 5.97 Å². The third-order valence-corrected chi connectivity index (χ3v) is 2.38. The number of benzene rings is 1. The van der Waals surface area contributed by atoms with E-state index in [2.05, 4.69) is 5.10 Å². The van der Waals surface area contributed by atoms with Crippen LogP contribution in [0.15, 0.2) is 29.1 Å². The minimum Gasteiger partial charge on any atom is -0.477 e. The molecular weight excluding hydrogens is 227 g/mol. The van der Waals surface area contributed by atoms with Crippen molar-refractivity contribution in [2.75, 3.05) is 0 Å². The lowest BCUT2D eigenvalue weighted by molar-refractivity contribution is 0.0696. The van der Waals surface area contributed by atoms with Gasteiger partial charge < -0.3 is 5.11 Å². The Labute approximate surface area is 95.1 Å². The summed E-state index contributed by atoms with van der Waals surface area (Å²) in [6, 6.07) is 5.38. The van der Waals surface area contributed by atoms with E-state index >= 15 is 0 Å². The summed E-state index contributed by atoms with van der Waals surface area (Å²) < 4.78 is 14.1. The summed E-state index contributed by atoms with van der Waals surface area (Å²) in [4.78, 5) is 22.5. The Bertz CT molecular complexity index is 642. The normalized spacial score (nSPS) is 10.5. The first kappa shape index (κ1) is 11.1. The molecule has 0 unspecified atom stereocenters. The molecule has 5 nitrogen and oxygen atoms in total. The number of hydrogen-bond acceptors (Lipinski definition) is 2. The van der Waals surface area contributed by atoms with Crippen LogP contribution in [0.5, 0.6) is 0 Å². The maximum Gasteiger partial charge on any atom is 0.343 e. The molecule has 2 N–H and O–H groups in total. The summed E-state index contributed by atoms with van der Waals surface area (Å²) >= 11 is 0. The Balaban J connectivity index is 2.72. The fraction of sp³-hybridized carbons (Fsp3) is 0.0909. The quantitative estimate of drug-likeness (QED) is 0.823. The van der Waals surface area contributed by atoms with Gasteiger partial charge in [0.15, 0.2) is 5.56 Å². The number of aromatic nitrogens is 2. The number of rotatable bonds is 2. The van der Waals surface area contributed by atoms with Gasteiger partial charge in [0.25, 0.3) is 5.56 Å². The smallest absolute Gasteiger partial charge is 0.343 e. The zero-order valence-electron chi connectivity index (χ0n) is 8.90. The molecule has 6 heteroatoms. The van der Waals surface area contributed by atoms with Crippen LogP contribution < -0.4 is 5.56 Å². The van der Waals surface area contributed by atoms with E-state index in [1.165, 1.54) is 25.2 Å². The van der Waals surface area contributed by atoms with Gasteiger partial charge in [-0.15, -0.1) is 0 Å². The molecule has 0 spiro atoms. The van der Waals surface area contributed by atoms with E-state index in [4.69, 9.17) is 5.11 Å². The zero-order chi connectivity index (χ0) is 12.6. The molecule has 0 bridgehead atoms. The molecule has 1 aromatic heterocycles. The van der Waals surface area contributed by atoms with E-state index in [9.17, 15) is 14.0 Å². The van der Waals surface area contributed by atoms with Crippen LogP contribution in [0.1, 0.15) is 10.4 Å². The molecule has 0 aliphatic rings. The van der Waals surface area contributed by atoms with Crippen molar-refractivity contribution < 1.29 is 14.3 Å². The molecule has 0 amide bonds. The van der Waals surface area contributed by atoms with Crippen molar-refractivity contribution in [3.63, 3.8) is 0 Å². The number of carboxylic acids is 1. The summed E-state index contributed by atoms with van der Waals surface area (Å²) in [6.07, 6.45) is 0. The lowest BCUT2D eigenvalue weighted by Crippen LogP contribution is -2.18. The minimum absolute atomic E-state index is 0.101. The van der Waals surface area contributed by atoms with E-state index in [0.717, 1.165) is 10.7 Å². The van der Waals surface area contributed by atoms with Crippen LogP contribution in [0, 0.1) is 5.82 Å². The van der Waals surface area contributed by atoms with E-state index in [0.29, 0.717) is 5.56 Å². The van der Waals surface area contributed by atoms with Crippen molar-refractivity contribution in [3.8, 4) is 11.3 Å². The first-order valence-corrected chi connectivity index (χ1v) is 4.79. The lowest BCUT2D eigenvalue weighted by Gasteiger charge is -1.99. The number of hydrogen-bond donors (Lipinski definition) is 2. The van der Waals surface area contributed by atoms with Crippen molar-refractivity contribution in [2.24, 2.45) is 7.05 Å². The maximum atomic E-state index is 13.0. The first-order valence-electron chi connectivity index (χ1n) is 4.79. The van der Waals surface area contributed by atoms with Crippen LogP contribution >= 0.6 is 0 Å². The van der Waals surface area contributed by atoms with Crippen LogP contribution in [0.3, 0.4) is 0 Å². The van der Waals surface area contributed by atoms with Gasteiger partial charge in [-0.3, -0.25) is 14.6 Å². The number of halogens is 1. The molecule has 2 rings (SSSR count). The monoisotopic (exact) mass is 236 g/mol. The van der Waals surface area contributed by atoms with Crippen molar-refractivity contribution in [1.82, 2.24) is 9.78 Å². The number of carboxylic acid groups (broad SMARTS) is 1. The summed E-state index contributed by atoms with van der Waals surface area (Å²) in [5, 5.41) is 11.6. The fourth-order valence-corrected chi connectivity index (χ4v) is 1.60. The number of aromatic carboxylic acids is 1.